The second-order valence-corrected chi connectivity index (χ2v) is 12.1. The van der Waals surface area contributed by atoms with E-state index in [0.717, 1.165) is 44.2 Å². The predicted molar refractivity (Wildman–Crippen MR) is 197 cm³/mol. The Balaban J connectivity index is 1.17. The average molecular weight is 616 g/mol. The molecule has 0 radical (unpaired) electrons. The van der Waals surface area contributed by atoms with Crippen molar-refractivity contribution in [1.82, 2.24) is 15.0 Å². The van der Waals surface area contributed by atoms with Gasteiger partial charge in [0.25, 0.3) is 0 Å². The van der Waals surface area contributed by atoms with Gasteiger partial charge in [0.1, 0.15) is 11.2 Å². The molecule has 0 amide bonds. The van der Waals surface area contributed by atoms with E-state index < -0.39 is 0 Å². The lowest BCUT2D eigenvalue weighted by molar-refractivity contribution is 0.669. The van der Waals surface area contributed by atoms with Gasteiger partial charge < -0.3 is 4.42 Å². The monoisotopic (exact) mass is 615 g/mol. The number of para-hydroxylation sites is 1. The normalized spacial score (nSPS) is 11.4. The summed E-state index contributed by atoms with van der Waals surface area (Å²) < 4.78 is 6.20. The zero-order chi connectivity index (χ0) is 32.0. The first-order valence-electron chi connectivity index (χ1n) is 16.1. The van der Waals surface area contributed by atoms with Gasteiger partial charge in [0, 0.05) is 27.5 Å². The second kappa shape index (κ2) is 11.4. The van der Waals surface area contributed by atoms with Crippen molar-refractivity contribution < 1.29 is 4.42 Å². The van der Waals surface area contributed by atoms with Gasteiger partial charge in [-0.1, -0.05) is 151 Å². The molecular formula is C44H29N3O. The van der Waals surface area contributed by atoms with Gasteiger partial charge in [-0.05, 0) is 52.1 Å². The van der Waals surface area contributed by atoms with Crippen LogP contribution in [0.2, 0.25) is 0 Å². The van der Waals surface area contributed by atoms with Crippen LogP contribution in [0.3, 0.4) is 0 Å². The second-order valence-electron chi connectivity index (χ2n) is 12.1. The first-order chi connectivity index (χ1) is 23.7. The van der Waals surface area contributed by atoms with Crippen LogP contribution in [-0.2, 0) is 0 Å². The molecule has 0 aliphatic carbocycles. The third kappa shape index (κ3) is 4.83. The van der Waals surface area contributed by atoms with Crippen LogP contribution in [0, 0.1) is 6.92 Å². The summed E-state index contributed by atoms with van der Waals surface area (Å²) in [4.78, 5) is 15.1. The maximum absolute atomic E-state index is 6.20. The molecular weight excluding hydrogens is 587 g/mol. The van der Waals surface area contributed by atoms with E-state index in [2.05, 4.69) is 104 Å². The summed E-state index contributed by atoms with van der Waals surface area (Å²) in [6, 6.07) is 54.6. The van der Waals surface area contributed by atoms with Gasteiger partial charge in [-0.25, -0.2) is 15.0 Å². The number of furan rings is 1. The zero-order valence-corrected chi connectivity index (χ0v) is 26.3. The molecule has 7 aromatic carbocycles. The van der Waals surface area contributed by atoms with Crippen molar-refractivity contribution in [2.75, 3.05) is 0 Å². The lowest BCUT2D eigenvalue weighted by Gasteiger charge is -2.13. The highest BCUT2D eigenvalue weighted by atomic mass is 16.3. The van der Waals surface area contributed by atoms with Crippen LogP contribution in [0.25, 0.3) is 89.1 Å². The van der Waals surface area contributed by atoms with Crippen molar-refractivity contribution in [3.8, 4) is 56.4 Å². The Labute approximate surface area is 278 Å². The third-order valence-corrected chi connectivity index (χ3v) is 9.02. The molecule has 0 saturated heterocycles. The fourth-order valence-corrected chi connectivity index (χ4v) is 6.72. The summed E-state index contributed by atoms with van der Waals surface area (Å²) in [7, 11) is 0. The zero-order valence-electron chi connectivity index (χ0n) is 26.3. The molecule has 0 spiro atoms. The summed E-state index contributed by atoms with van der Waals surface area (Å²) in [5, 5.41) is 4.50. The van der Waals surface area contributed by atoms with Gasteiger partial charge in [0.15, 0.2) is 17.5 Å². The molecule has 0 bridgehead atoms. The van der Waals surface area contributed by atoms with Crippen molar-refractivity contribution in [2.45, 2.75) is 6.92 Å². The number of aromatic nitrogens is 3. The number of aryl methyl sites for hydroxylation is 1. The molecule has 0 aliphatic heterocycles. The SMILES string of the molecule is Cc1cccc(-c2ccc(-c3ccc(-c4nc(-c5ccccc5)nc(-c5cccc6oc7ccccc7c56)n4)cc3)c3ccccc23)c1. The van der Waals surface area contributed by atoms with Crippen molar-refractivity contribution in [2.24, 2.45) is 0 Å². The standard InChI is InChI=1S/C44H29N3O/c1-28-11-9-14-32(27-28)34-26-25-33(35-15-5-6-16-36(34)35)29-21-23-31(24-22-29)43-45-42(30-12-3-2-4-13-30)46-44(47-43)38-18-10-20-40-41(38)37-17-7-8-19-39(37)48-40/h2-27H,1H3. The van der Waals surface area contributed by atoms with E-state index in [1.807, 2.05) is 60.7 Å². The van der Waals surface area contributed by atoms with E-state index in [-0.39, 0.29) is 0 Å². The van der Waals surface area contributed by atoms with E-state index in [0.29, 0.717) is 17.5 Å². The fraction of sp³-hybridized carbons (Fsp3) is 0.0227. The van der Waals surface area contributed by atoms with Crippen LogP contribution in [0.5, 0.6) is 0 Å². The van der Waals surface area contributed by atoms with Gasteiger partial charge in [0.05, 0.1) is 0 Å². The Morgan fingerprint density at radius 1 is 0.375 bits per heavy atom. The molecule has 4 nitrogen and oxygen atoms in total. The molecule has 2 heterocycles. The minimum atomic E-state index is 0.609. The number of fused-ring (bicyclic) bond motifs is 4. The largest absolute Gasteiger partial charge is 0.456 e. The van der Waals surface area contributed by atoms with Crippen LogP contribution in [-0.4, -0.2) is 15.0 Å². The summed E-state index contributed by atoms with van der Waals surface area (Å²) in [6.45, 7) is 2.14. The van der Waals surface area contributed by atoms with E-state index in [1.54, 1.807) is 0 Å². The van der Waals surface area contributed by atoms with Crippen molar-refractivity contribution >= 4 is 32.7 Å². The van der Waals surface area contributed by atoms with Gasteiger partial charge in [-0.2, -0.15) is 0 Å². The fourth-order valence-electron chi connectivity index (χ4n) is 6.72. The van der Waals surface area contributed by atoms with Gasteiger partial charge in [0.2, 0.25) is 0 Å². The Morgan fingerprint density at radius 2 is 0.917 bits per heavy atom. The van der Waals surface area contributed by atoms with Gasteiger partial charge >= 0.3 is 0 Å². The van der Waals surface area contributed by atoms with Crippen molar-refractivity contribution in [3.05, 3.63) is 163 Å². The van der Waals surface area contributed by atoms with Crippen LogP contribution >= 0.6 is 0 Å². The first kappa shape index (κ1) is 27.9. The summed E-state index contributed by atoms with van der Waals surface area (Å²) >= 11 is 0. The molecule has 2 aromatic heterocycles. The van der Waals surface area contributed by atoms with Crippen molar-refractivity contribution in [3.63, 3.8) is 0 Å². The highest BCUT2D eigenvalue weighted by Crippen LogP contribution is 2.38. The third-order valence-electron chi connectivity index (χ3n) is 9.02. The lowest BCUT2D eigenvalue weighted by Crippen LogP contribution is -2.00. The molecule has 0 fully saturated rings. The van der Waals surface area contributed by atoms with E-state index in [1.165, 1.54) is 33.0 Å². The number of benzene rings is 7. The van der Waals surface area contributed by atoms with Crippen LogP contribution in [0.15, 0.2) is 162 Å². The Hall–Kier alpha value is -6.39. The highest BCUT2D eigenvalue weighted by Gasteiger charge is 2.18. The average Bonchev–Trinajstić information content (AvgIpc) is 3.54. The number of hydrogen-bond donors (Lipinski definition) is 0. The van der Waals surface area contributed by atoms with E-state index in [9.17, 15) is 0 Å². The Bertz CT molecular complexity index is 2620. The molecule has 226 valence electrons. The molecule has 0 N–H and O–H groups in total. The minimum absolute atomic E-state index is 0.609. The Kier molecular flexibility index (Phi) is 6.65. The summed E-state index contributed by atoms with van der Waals surface area (Å²) in [6.07, 6.45) is 0. The first-order valence-corrected chi connectivity index (χ1v) is 16.1. The quantitative estimate of drug-likeness (QED) is 0.193. The highest BCUT2D eigenvalue weighted by molar-refractivity contribution is 6.11. The molecule has 48 heavy (non-hydrogen) atoms. The number of nitrogens with zero attached hydrogens (tertiary/aromatic N) is 3. The summed E-state index contributed by atoms with van der Waals surface area (Å²) in [5.41, 5.74) is 10.5. The minimum Gasteiger partial charge on any atom is -0.456 e. The topological polar surface area (TPSA) is 51.8 Å². The molecule has 9 aromatic rings. The molecule has 0 unspecified atom stereocenters. The maximum Gasteiger partial charge on any atom is 0.164 e. The van der Waals surface area contributed by atoms with Gasteiger partial charge in [-0.3, -0.25) is 0 Å². The van der Waals surface area contributed by atoms with E-state index >= 15 is 0 Å². The predicted octanol–water partition coefficient (Wildman–Crippen LogP) is 11.6. The number of hydrogen-bond acceptors (Lipinski definition) is 4. The van der Waals surface area contributed by atoms with Gasteiger partial charge in [-0.15, -0.1) is 0 Å². The maximum atomic E-state index is 6.20. The van der Waals surface area contributed by atoms with E-state index in [4.69, 9.17) is 19.4 Å². The lowest BCUT2D eigenvalue weighted by atomic mass is 9.91. The smallest absolute Gasteiger partial charge is 0.164 e. The molecule has 0 saturated carbocycles. The van der Waals surface area contributed by atoms with Crippen LogP contribution in [0.4, 0.5) is 0 Å². The van der Waals surface area contributed by atoms with Crippen LogP contribution in [0.1, 0.15) is 5.56 Å². The molecule has 9 rings (SSSR count). The summed E-state index contributed by atoms with van der Waals surface area (Å²) in [5.74, 6) is 1.86. The molecule has 0 aliphatic rings. The number of rotatable bonds is 5. The Morgan fingerprint density at radius 3 is 1.65 bits per heavy atom. The van der Waals surface area contributed by atoms with Crippen molar-refractivity contribution in [1.29, 1.82) is 0 Å². The van der Waals surface area contributed by atoms with Crippen LogP contribution < -0.4 is 0 Å². The molecule has 4 heteroatoms. The molecule has 0 atom stereocenters.